The highest BCUT2D eigenvalue weighted by Crippen LogP contribution is 2.15. The molecule has 4 N–H and O–H groups in total. The number of rotatable bonds is 6. The number of anilines is 2. The molecule has 3 aromatic rings. The number of aromatic nitrogens is 2. The van der Waals surface area contributed by atoms with Crippen molar-refractivity contribution in [2.45, 2.75) is 19.3 Å². The number of urea groups is 1. The number of benzene rings is 2. The van der Waals surface area contributed by atoms with Gasteiger partial charge < -0.3 is 20.9 Å². The smallest absolute Gasteiger partial charge is 0.318 e. The monoisotopic (exact) mass is 379 g/mol. The maximum absolute atomic E-state index is 12.2. The number of hydrogen-bond donors (Lipinski definition) is 4. The van der Waals surface area contributed by atoms with Gasteiger partial charge in [-0.1, -0.05) is 18.2 Å². The van der Waals surface area contributed by atoms with Crippen LogP contribution in [0.5, 0.6) is 0 Å². The third-order valence-electron chi connectivity index (χ3n) is 4.11. The Bertz CT molecular complexity index is 1060. The second kappa shape index (κ2) is 8.81. The number of hydrogen-bond acceptors (Lipinski definition) is 4. The molecule has 0 atom stereocenters. The number of nitrogens with zero attached hydrogens (tertiary/aromatic N) is 1. The van der Waals surface area contributed by atoms with E-state index in [1.165, 1.54) is 7.05 Å². The first kappa shape index (κ1) is 19.1. The van der Waals surface area contributed by atoms with Gasteiger partial charge in [0.2, 0.25) is 5.91 Å². The molecule has 0 radical (unpaired) electrons. The molecule has 0 saturated carbocycles. The molecule has 3 amide bonds. The molecule has 0 unspecified atom stereocenters. The molecule has 0 aliphatic rings. The summed E-state index contributed by atoms with van der Waals surface area (Å²) in [5, 5.41) is 8.46. The first-order valence-electron chi connectivity index (χ1n) is 8.92. The van der Waals surface area contributed by atoms with Crippen LogP contribution in [0, 0.1) is 0 Å². The number of H-pyrrole nitrogens is 1. The Morgan fingerprint density at radius 3 is 2.57 bits per heavy atom. The summed E-state index contributed by atoms with van der Waals surface area (Å²) in [6.45, 7) is 0. The summed E-state index contributed by atoms with van der Waals surface area (Å²) < 4.78 is 0. The van der Waals surface area contributed by atoms with E-state index < -0.39 is 0 Å². The summed E-state index contributed by atoms with van der Waals surface area (Å²) in [4.78, 5) is 42.8. The van der Waals surface area contributed by atoms with Gasteiger partial charge in [-0.2, -0.15) is 0 Å². The quantitative estimate of drug-likeness (QED) is 0.527. The molecule has 28 heavy (non-hydrogen) atoms. The number of aromatic amines is 1. The van der Waals surface area contributed by atoms with Crippen LogP contribution in [0.2, 0.25) is 0 Å². The van der Waals surface area contributed by atoms with Crippen molar-refractivity contribution in [2.75, 3.05) is 17.7 Å². The van der Waals surface area contributed by atoms with E-state index >= 15 is 0 Å². The third kappa shape index (κ3) is 4.94. The minimum Gasteiger partial charge on any atom is -0.341 e. The Kier molecular flexibility index (Phi) is 6.01. The van der Waals surface area contributed by atoms with Crippen molar-refractivity contribution >= 4 is 34.2 Å². The van der Waals surface area contributed by atoms with Crippen LogP contribution in [0.15, 0.2) is 53.3 Å². The average molecular weight is 379 g/mol. The lowest BCUT2D eigenvalue weighted by Gasteiger charge is -2.08. The van der Waals surface area contributed by atoms with E-state index in [1.54, 1.807) is 42.5 Å². The van der Waals surface area contributed by atoms with Crippen LogP contribution < -0.4 is 21.5 Å². The number of nitrogens with one attached hydrogen (secondary N) is 4. The molecular weight excluding hydrogens is 358 g/mol. The van der Waals surface area contributed by atoms with Crippen LogP contribution in [0.25, 0.3) is 10.9 Å². The number of amides is 3. The molecule has 0 aliphatic carbocycles. The van der Waals surface area contributed by atoms with Gasteiger partial charge in [-0.25, -0.2) is 9.78 Å². The fraction of sp³-hybridized carbons (Fsp3) is 0.200. The molecule has 2 aromatic carbocycles. The zero-order valence-corrected chi connectivity index (χ0v) is 15.4. The highest BCUT2D eigenvalue weighted by Gasteiger charge is 2.07. The Labute approximate surface area is 161 Å². The molecular formula is C20H21N5O3. The fourth-order valence-electron chi connectivity index (χ4n) is 2.76. The van der Waals surface area contributed by atoms with E-state index in [2.05, 4.69) is 25.9 Å². The molecule has 3 rings (SSSR count). The number of aryl methyl sites for hydroxylation is 1. The summed E-state index contributed by atoms with van der Waals surface area (Å²) in [5.41, 5.74) is 1.64. The van der Waals surface area contributed by atoms with Crippen LogP contribution in [-0.4, -0.2) is 29.0 Å². The highest BCUT2D eigenvalue weighted by molar-refractivity contribution is 5.93. The molecule has 0 fully saturated rings. The Morgan fingerprint density at radius 2 is 1.79 bits per heavy atom. The molecule has 1 heterocycles. The molecule has 144 valence electrons. The van der Waals surface area contributed by atoms with E-state index in [1.807, 2.05) is 6.07 Å². The van der Waals surface area contributed by atoms with E-state index in [0.717, 1.165) is 0 Å². The van der Waals surface area contributed by atoms with Gasteiger partial charge in [0.15, 0.2) is 0 Å². The van der Waals surface area contributed by atoms with Gasteiger partial charge in [-0.3, -0.25) is 9.59 Å². The summed E-state index contributed by atoms with van der Waals surface area (Å²) in [5.74, 6) is 0.411. The molecule has 8 nitrogen and oxygen atoms in total. The van der Waals surface area contributed by atoms with Crippen molar-refractivity contribution in [3.8, 4) is 0 Å². The number of fused-ring (bicyclic) bond motifs is 1. The van der Waals surface area contributed by atoms with E-state index in [0.29, 0.717) is 40.9 Å². The van der Waals surface area contributed by atoms with E-state index in [4.69, 9.17) is 0 Å². The number of carbonyl (C=O) groups excluding carboxylic acids is 2. The fourth-order valence-corrected chi connectivity index (χ4v) is 2.76. The van der Waals surface area contributed by atoms with Crippen LogP contribution in [0.4, 0.5) is 16.2 Å². The van der Waals surface area contributed by atoms with Crippen LogP contribution in [0.3, 0.4) is 0 Å². The summed E-state index contributed by atoms with van der Waals surface area (Å²) >= 11 is 0. The summed E-state index contributed by atoms with van der Waals surface area (Å²) in [6.07, 6.45) is 1.32. The first-order chi connectivity index (χ1) is 13.5. The average Bonchev–Trinajstić information content (AvgIpc) is 2.68. The van der Waals surface area contributed by atoms with Crippen LogP contribution in [0.1, 0.15) is 18.7 Å². The van der Waals surface area contributed by atoms with Crippen molar-refractivity contribution in [3.63, 3.8) is 0 Å². The molecule has 1 aromatic heterocycles. The lowest BCUT2D eigenvalue weighted by molar-refractivity contribution is -0.116. The van der Waals surface area contributed by atoms with Gasteiger partial charge in [0.1, 0.15) is 5.82 Å². The second-order valence-corrected chi connectivity index (χ2v) is 6.22. The second-order valence-electron chi connectivity index (χ2n) is 6.22. The number of carbonyl (C=O) groups is 2. The maximum atomic E-state index is 12.2. The van der Waals surface area contributed by atoms with Gasteiger partial charge in [-0.15, -0.1) is 0 Å². The lowest BCUT2D eigenvalue weighted by Crippen LogP contribution is -2.24. The predicted octanol–water partition coefficient (Wildman–Crippen LogP) is 2.64. The largest absolute Gasteiger partial charge is 0.341 e. The highest BCUT2D eigenvalue weighted by atomic mass is 16.2. The topological polar surface area (TPSA) is 116 Å². The maximum Gasteiger partial charge on any atom is 0.318 e. The van der Waals surface area contributed by atoms with Crippen molar-refractivity contribution in [3.05, 3.63) is 64.7 Å². The van der Waals surface area contributed by atoms with Gasteiger partial charge >= 0.3 is 6.03 Å². The van der Waals surface area contributed by atoms with Crippen LogP contribution in [-0.2, 0) is 11.2 Å². The SMILES string of the molecule is CNC(=O)Nc1cccc(NC(=O)CCCc2nc3ccccc3c(=O)[nH]2)c1. The van der Waals surface area contributed by atoms with Gasteiger partial charge in [0.05, 0.1) is 10.9 Å². The van der Waals surface area contributed by atoms with Crippen molar-refractivity contribution in [1.29, 1.82) is 0 Å². The Hall–Kier alpha value is -3.68. The zero-order valence-electron chi connectivity index (χ0n) is 15.4. The first-order valence-corrected chi connectivity index (χ1v) is 8.92. The summed E-state index contributed by atoms with van der Waals surface area (Å²) in [7, 11) is 1.53. The zero-order chi connectivity index (χ0) is 19.9. The van der Waals surface area contributed by atoms with Crippen LogP contribution >= 0.6 is 0 Å². The minimum atomic E-state index is -0.333. The Morgan fingerprint density at radius 1 is 1.04 bits per heavy atom. The third-order valence-corrected chi connectivity index (χ3v) is 4.11. The van der Waals surface area contributed by atoms with Crippen molar-refractivity contribution < 1.29 is 9.59 Å². The number of para-hydroxylation sites is 1. The van der Waals surface area contributed by atoms with Gasteiger partial charge in [0, 0.05) is 31.3 Å². The molecule has 0 saturated heterocycles. The Balaban J connectivity index is 1.54. The normalized spacial score (nSPS) is 10.5. The van der Waals surface area contributed by atoms with Crippen molar-refractivity contribution in [1.82, 2.24) is 15.3 Å². The van der Waals surface area contributed by atoms with Crippen molar-refractivity contribution in [2.24, 2.45) is 0 Å². The molecule has 0 bridgehead atoms. The summed E-state index contributed by atoms with van der Waals surface area (Å²) in [6, 6.07) is 13.7. The molecule has 0 aliphatic heterocycles. The van der Waals surface area contributed by atoms with Gasteiger partial charge in [0.25, 0.3) is 5.56 Å². The molecule has 0 spiro atoms. The van der Waals surface area contributed by atoms with Gasteiger partial charge in [-0.05, 0) is 36.8 Å². The minimum absolute atomic E-state index is 0.153. The van der Waals surface area contributed by atoms with E-state index in [-0.39, 0.29) is 23.9 Å². The molecule has 8 heteroatoms. The standard InChI is InChI=1S/C20H21N5O3/c1-21-20(28)23-14-7-4-6-13(12-14)22-18(26)11-5-10-17-24-16-9-3-2-8-15(16)19(27)25-17/h2-4,6-9,12H,5,10-11H2,1H3,(H,22,26)(H2,21,23,28)(H,24,25,27). The lowest BCUT2D eigenvalue weighted by atomic mass is 10.2. The van der Waals surface area contributed by atoms with E-state index in [9.17, 15) is 14.4 Å². The predicted molar refractivity (Wildman–Crippen MR) is 108 cm³/mol.